The average molecular weight is 279 g/mol. The fourth-order valence-corrected chi connectivity index (χ4v) is 2.87. The van der Waals surface area contributed by atoms with Crippen LogP contribution in [0.4, 0.5) is 5.82 Å². The first kappa shape index (κ1) is 14.1. The van der Waals surface area contributed by atoms with Crippen molar-refractivity contribution in [2.75, 3.05) is 25.0 Å². The number of hydrogen-bond donors (Lipinski definition) is 1. The number of nitriles is 1. The van der Waals surface area contributed by atoms with Gasteiger partial charge >= 0.3 is 0 Å². The Hall–Kier alpha value is -1.31. The van der Waals surface area contributed by atoms with Gasteiger partial charge in [-0.15, -0.1) is 0 Å². The van der Waals surface area contributed by atoms with Crippen LogP contribution in [0.25, 0.3) is 0 Å². The van der Waals surface area contributed by atoms with Gasteiger partial charge in [0.1, 0.15) is 16.9 Å². The molecule has 0 amide bonds. The summed E-state index contributed by atoms with van der Waals surface area (Å²) in [6.45, 7) is 1.95. The quantitative estimate of drug-likeness (QED) is 0.920. The van der Waals surface area contributed by atoms with Crippen LogP contribution < -0.4 is 10.2 Å². The van der Waals surface area contributed by atoms with E-state index in [1.807, 2.05) is 7.05 Å². The molecule has 5 heteroatoms. The summed E-state index contributed by atoms with van der Waals surface area (Å²) in [7, 11) is 1.97. The molecule has 4 nitrogen and oxygen atoms in total. The fourth-order valence-electron chi connectivity index (χ4n) is 2.61. The van der Waals surface area contributed by atoms with E-state index in [4.69, 9.17) is 16.9 Å². The van der Waals surface area contributed by atoms with Gasteiger partial charge in [0.05, 0.1) is 5.56 Å². The molecular formula is C14H19ClN4. The molecule has 1 aliphatic rings. The molecule has 0 radical (unpaired) electrons. The molecule has 2 rings (SSSR count). The van der Waals surface area contributed by atoms with Crippen molar-refractivity contribution in [3.63, 3.8) is 0 Å². The SMILES string of the molecule is CNCCC1CCCCN1c1nccc(C#N)c1Cl. The van der Waals surface area contributed by atoms with E-state index in [0.29, 0.717) is 16.6 Å². The number of anilines is 1. The lowest BCUT2D eigenvalue weighted by molar-refractivity contribution is 0.430. The smallest absolute Gasteiger partial charge is 0.148 e. The zero-order valence-corrected chi connectivity index (χ0v) is 12.0. The number of hydrogen-bond acceptors (Lipinski definition) is 4. The van der Waals surface area contributed by atoms with Crippen molar-refractivity contribution in [3.05, 3.63) is 22.8 Å². The lowest BCUT2D eigenvalue weighted by Crippen LogP contribution is -2.41. The van der Waals surface area contributed by atoms with Gasteiger partial charge in [-0.3, -0.25) is 0 Å². The highest BCUT2D eigenvalue weighted by atomic mass is 35.5. The van der Waals surface area contributed by atoms with E-state index in [9.17, 15) is 0 Å². The number of rotatable bonds is 4. The molecule has 0 spiro atoms. The van der Waals surface area contributed by atoms with E-state index < -0.39 is 0 Å². The standard InChI is InChI=1S/C14H19ClN4/c1-17-7-6-12-4-2-3-9-19(12)14-13(15)11(10-16)5-8-18-14/h5,8,12,17H,2-4,6-7,9H2,1H3. The number of nitrogens with zero attached hydrogens (tertiary/aromatic N) is 3. The number of halogens is 1. The van der Waals surface area contributed by atoms with E-state index in [2.05, 4.69) is 21.3 Å². The van der Waals surface area contributed by atoms with Crippen LogP contribution in [0.2, 0.25) is 5.02 Å². The fraction of sp³-hybridized carbons (Fsp3) is 0.571. The molecule has 1 aliphatic heterocycles. The van der Waals surface area contributed by atoms with Crippen molar-refractivity contribution in [1.29, 1.82) is 5.26 Å². The first-order valence-electron chi connectivity index (χ1n) is 6.73. The van der Waals surface area contributed by atoms with Gasteiger partial charge in [-0.1, -0.05) is 11.6 Å². The number of aromatic nitrogens is 1. The Balaban J connectivity index is 2.25. The zero-order valence-electron chi connectivity index (χ0n) is 11.2. The molecule has 1 saturated heterocycles. The van der Waals surface area contributed by atoms with Crippen LogP contribution in [0.3, 0.4) is 0 Å². The molecule has 1 aromatic rings. The highest BCUT2D eigenvalue weighted by Gasteiger charge is 2.25. The number of piperidine rings is 1. The summed E-state index contributed by atoms with van der Waals surface area (Å²) in [5.41, 5.74) is 0.504. The molecule has 1 fully saturated rings. The summed E-state index contributed by atoms with van der Waals surface area (Å²) < 4.78 is 0. The van der Waals surface area contributed by atoms with Crippen LogP contribution in [0.15, 0.2) is 12.3 Å². The van der Waals surface area contributed by atoms with Crippen molar-refractivity contribution in [2.45, 2.75) is 31.7 Å². The van der Waals surface area contributed by atoms with E-state index in [1.54, 1.807) is 12.3 Å². The summed E-state index contributed by atoms with van der Waals surface area (Å²) in [5.74, 6) is 0.765. The maximum atomic E-state index is 9.06. The van der Waals surface area contributed by atoms with E-state index in [0.717, 1.165) is 38.2 Å². The number of pyridine rings is 1. The van der Waals surface area contributed by atoms with Gasteiger partial charge in [0.2, 0.25) is 0 Å². The molecule has 19 heavy (non-hydrogen) atoms. The third-order valence-electron chi connectivity index (χ3n) is 3.62. The minimum atomic E-state index is 0.458. The summed E-state index contributed by atoms with van der Waals surface area (Å²) in [6.07, 6.45) is 6.32. The highest BCUT2D eigenvalue weighted by Crippen LogP contribution is 2.32. The van der Waals surface area contributed by atoms with Crippen LogP contribution in [0.5, 0.6) is 0 Å². The summed E-state index contributed by atoms with van der Waals surface area (Å²) in [5, 5.41) is 12.7. The summed E-state index contributed by atoms with van der Waals surface area (Å²) >= 11 is 6.30. The first-order chi connectivity index (χ1) is 9.27. The van der Waals surface area contributed by atoms with Crippen LogP contribution in [0.1, 0.15) is 31.2 Å². The Bertz CT molecular complexity index is 469. The molecule has 1 unspecified atom stereocenters. The molecule has 0 aromatic carbocycles. The maximum Gasteiger partial charge on any atom is 0.148 e. The summed E-state index contributed by atoms with van der Waals surface area (Å²) in [6, 6.07) is 4.25. The second-order valence-corrected chi connectivity index (χ2v) is 5.22. The molecule has 0 aliphatic carbocycles. The van der Waals surface area contributed by atoms with Crippen molar-refractivity contribution >= 4 is 17.4 Å². The minimum absolute atomic E-state index is 0.458. The Morgan fingerprint density at radius 3 is 3.16 bits per heavy atom. The molecule has 0 saturated carbocycles. The van der Waals surface area contributed by atoms with Gasteiger partial charge in [0.25, 0.3) is 0 Å². The van der Waals surface area contributed by atoms with E-state index >= 15 is 0 Å². The molecule has 2 heterocycles. The van der Waals surface area contributed by atoms with Crippen LogP contribution in [-0.2, 0) is 0 Å². The van der Waals surface area contributed by atoms with Gasteiger partial charge in [-0.05, 0) is 45.3 Å². The lowest BCUT2D eigenvalue weighted by atomic mass is 9.99. The second kappa shape index (κ2) is 6.74. The predicted molar refractivity (Wildman–Crippen MR) is 77.5 cm³/mol. The van der Waals surface area contributed by atoms with Crippen molar-refractivity contribution in [3.8, 4) is 6.07 Å². The van der Waals surface area contributed by atoms with Crippen molar-refractivity contribution in [2.24, 2.45) is 0 Å². The van der Waals surface area contributed by atoms with Gasteiger partial charge in [0, 0.05) is 18.8 Å². The molecular weight excluding hydrogens is 260 g/mol. The molecule has 102 valence electrons. The highest BCUT2D eigenvalue weighted by molar-refractivity contribution is 6.34. The zero-order chi connectivity index (χ0) is 13.7. The average Bonchev–Trinajstić information content (AvgIpc) is 2.46. The molecule has 1 aromatic heterocycles. The second-order valence-electron chi connectivity index (χ2n) is 4.84. The van der Waals surface area contributed by atoms with Gasteiger partial charge in [-0.2, -0.15) is 5.26 Å². The lowest BCUT2D eigenvalue weighted by Gasteiger charge is -2.37. The van der Waals surface area contributed by atoms with Crippen LogP contribution in [0, 0.1) is 11.3 Å². The van der Waals surface area contributed by atoms with E-state index in [1.165, 1.54) is 6.42 Å². The van der Waals surface area contributed by atoms with Crippen molar-refractivity contribution in [1.82, 2.24) is 10.3 Å². The topological polar surface area (TPSA) is 52.0 Å². The van der Waals surface area contributed by atoms with Crippen LogP contribution >= 0.6 is 11.6 Å². The monoisotopic (exact) mass is 278 g/mol. The Morgan fingerprint density at radius 1 is 1.58 bits per heavy atom. The van der Waals surface area contributed by atoms with E-state index in [-0.39, 0.29) is 0 Å². The minimum Gasteiger partial charge on any atom is -0.352 e. The third-order valence-corrected chi connectivity index (χ3v) is 3.99. The van der Waals surface area contributed by atoms with Crippen molar-refractivity contribution < 1.29 is 0 Å². The molecule has 1 atom stereocenters. The molecule has 1 N–H and O–H groups in total. The summed E-state index contributed by atoms with van der Waals surface area (Å²) in [4.78, 5) is 6.66. The van der Waals surface area contributed by atoms with Crippen LogP contribution in [-0.4, -0.2) is 31.2 Å². The largest absolute Gasteiger partial charge is 0.352 e. The third kappa shape index (κ3) is 3.17. The molecule has 0 bridgehead atoms. The Kier molecular flexibility index (Phi) is 5.00. The maximum absolute atomic E-state index is 9.06. The van der Waals surface area contributed by atoms with Gasteiger partial charge < -0.3 is 10.2 Å². The van der Waals surface area contributed by atoms with Gasteiger partial charge in [0.15, 0.2) is 0 Å². The normalized spacial score (nSPS) is 19.2. The van der Waals surface area contributed by atoms with Gasteiger partial charge in [-0.25, -0.2) is 4.98 Å². The number of nitrogens with one attached hydrogen (secondary N) is 1. The first-order valence-corrected chi connectivity index (χ1v) is 7.11. The Labute approximate surface area is 119 Å². The Morgan fingerprint density at radius 2 is 2.42 bits per heavy atom. The predicted octanol–water partition coefficient (Wildman–Crippen LogP) is 2.58.